The van der Waals surface area contributed by atoms with Gasteiger partial charge in [0.05, 0.1) is 6.20 Å². The highest BCUT2D eigenvalue weighted by molar-refractivity contribution is 6.29. The minimum absolute atomic E-state index is 0.386. The van der Waals surface area contributed by atoms with Crippen molar-refractivity contribution in [1.82, 2.24) is 14.6 Å². The molecule has 4 heteroatoms. The molecule has 0 N–H and O–H groups in total. The molecule has 2 aromatic heterocycles. The van der Waals surface area contributed by atoms with Crippen LogP contribution in [0.1, 0.15) is 48.1 Å². The predicted molar refractivity (Wildman–Crippen MR) is 88.7 cm³/mol. The molecule has 3 nitrogen and oxygen atoms in total. The van der Waals surface area contributed by atoms with Crippen LogP contribution in [0.4, 0.5) is 0 Å². The van der Waals surface area contributed by atoms with Crippen molar-refractivity contribution in [3.05, 3.63) is 64.1 Å². The number of aromatic nitrogens is 3. The lowest BCUT2D eigenvalue weighted by Crippen LogP contribution is -2.05. The second-order valence-electron chi connectivity index (χ2n) is 6.37. The Kier molecular flexibility index (Phi) is 3.19. The molecule has 22 heavy (non-hydrogen) atoms. The molecule has 1 aliphatic rings. The SMILES string of the molecule is CC(C)c1cnn2c(Cl)cc(C3Cc4ccccc4C3)nc12. The number of hydrogen-bond acceptors (Lipinski definition) is 2. The summed E-state index contributed by atoms with van der Waals surface area (Å²) in [6, 6.07) is 10.6. The maximum atomic E-state index is 6.43. The van der Waals surface area contributed by atoms with E-state index >= 15 is 0 Å². The lowest BCUT2D eigenvalue weighted by molar-refractivity contribution is 0.709. The Bertz CT molecular complexity index is 826. The maximum absolute atomic E-state index is 6.43. The molecule has 112 valence electrons. The molecule has 4 rings (SSSR count). The molecule has 0 saturated heterocycles. The fourth-order valence-electron chi connectivity index (χ4n) is 3.35. The molecular weight excluding hydrogens is 294 g/mol. The Morgan fingerprint density at radius 3 is 2.50 bits per heavy atom. The van der Waals surface area contributed by atoms with Gasteiger partial charge in [-0.1, -0.05) is 49.7 Å². The molecule has 0 fully saturated rings. The second kappa shape index (κ2) is 5.10. The van der Waals surface area contributed by atoms with Gasteiger partial charge in [0, 0.05) is 17.2 Å². The van der Waals surface area contributed by atoms with Crippen molar-refractivity contribution in [2.24, 2.45) is 0 Å². The largest absolute Gasteiger partial charge is 0.233 e. The van der Waals surface area contributed by atoms with E-state index in [1.807, 2.05) is 12.3 Å². The van der Waals surface area contributed by atoms with Crippen molar-refractivity contribution in [1.29, 1.82) is 0 Å². The van der Waals surface area contributed by atoms with Gasteiger partial charge < -0.3 is 0 Å². The summed E-state index contributed by atoms with van der Waals surface area (Å²) in [7, 11) is 0. The van der Waals surface area contributed by atoms with Gasteiger partial charge in [0.15, 0.2) is 5.65 Å². The molecule has 3 aromatic rings. The average molecular weight is 312 g/mol. The minimum atomic E-state index is 0.386. The van der Waals surface area contributed by atoms with Crippen LogP contribution in [0.15, 0.2) is 36.5 Å². The van der Waals surface area contributed by atoms with Crippen LogP contribution in [0.25, 0.3) is 5.65 Å². The van der Waals surface area contributed by atoms with Gasteiger partial charge in [0.1, 0.15) is 5.15 Å². The molecule has 1 aromatic carbocycles. The van der Waals surface area contributed by atoms with E-state index < -0.39 is 0 Å². The normalized spacial score (nSPS) is 14.9. The zero-order valence-corrected chi connectivity index (χ0v) is 13.5. The van der Waals surface area contributed by atoms with Gasteiger partial charge in [-0.25, -0.2) is 9.50 Å². The molecule has 0 bridgehead atoms. The van der Waals surface area contributed by atoms with Crippen LogP contribution in [0.2, 0.25) is 5.15 Å². The standard InChI is InChI=1S/C18H18ClN3/c1-11(2)15-10-20-22-17(19)9-16(21-18(15)22)14-7-12-5-3-4-6-13(12)8-14/h3-6,9-11,14H,7-8H2,1-2H3. The number of benzene rings is 1. The zero-order chi connectivity index (χ0) is 15.3. The Labute approximate surface area is 135 Å². The Hall–Kier alpha value is -1.87. The molecule has 0 radical (unpaired) electrons. The van der Waals surface area contributed by atoms with Crippen molar-refractivity contribution < 1.29 is 0 Å². The highest BCUT2D eigenvalue weighted by atomic mass is 35.5. The van der Waals surface area contributed by atoms with E-state index in [0.29, 0.717) is 17.0 Å². The summed E-state index contributed by atoms with van der Waals surface area (Å²) in [6.45, 7) is 4.31. The Morgan fingerprint density at radius 2 is 1.86 bits per heavy atom. The first-order valence-electron chi connectivity index (χ1n) is 7.74. The maximum Gasteiger partial charge on any atom is 0.160 e. The third kappa shape index (κ3) is 2.12. The molecule has 1 aliphatic carbocycles. The number of nitrogens with zero attached hydrogens (tertiary/aromatic N) is 3. The Balaban J connectivity index is 1.79. The average Bonchev–Trinajstić information content (AvgIpc) is 3.10. The van der Waals surface area contributed by atoms with E-state index in [4.69, 9.17) is 16.6 Å². The molecule has 0 atom stereocenters. The molecule has 0 saturated carbocycles. The third-order valence-corrected chi connectivity index (χ3v) is 4.84. The molecule has 0 spiro atoms. The van der Waals surface area contributed by atoms with Gasteiger partial charge >= 0.3 is 0 Å². The van der Waals surface area contributed by atoms with Gasteiger partial charge in [0.2, 0.25) is 0 Å². The summed E-state index contributed by atoms with van der Waals surface area (Å²) in [6.07, 6.45) is 3.97. The first-order valence-corrected chi connectivity index (χ1v) is 8.12. The van der Waals surface area contributed by atoms with E-state index in [0.717, 1.165) is 29.7 Å². The Morgan fingerprint density at radius 1 is 1.18 bits per heavy atom. The van der Waals surface area contributed by atoms with Gasteiger partial charge in [-0.3, -0.25) is 0 Å². The number of rotatable bonds is 2. The molecule has 2 heterocycles. The third-order valence-electron chi connectivity index (χ3n) is 4.57. The van der Waals surface area contributed by atoms with Crippen LogP contribution < -0.4 is 0 Å². The van der Waals surface area contributed by atoms with E-state index in [-0.39, 0.29) is 0 Å². The summed E-state index contributed by atoms with van der Waals surface area (Å²) in [5.41, 5.74) is 5.99. The molecule has 0 unspecified atom stereocenters. The van der Waals surface area contributed by atoms with Crippen molar-refractivity contribution in [3.63, 3.8) is 0 Å². The first kappa shape index (κ1) is 13.8. The fraction of sp³-hybridized carbons (Fsp3) is 0.333. The summed E-state index contributed by atoms with van der Waals surface area (Å²) >= 11 is 6.43. The van der Waals surface area contributed by atoms with Crippen LogP contribution in [0.3, 0.4) is 0 Å². The van der Waals surface area contributed by atoms with Crippen LogP contribution in [-0.4, -0.2) is 14.6 Å². The fourth-order valence-corrected chi connectivity index (χ4v) is 3.58. The smallest absolute Gasteiger partial charge is 0.160 e. The van der Waals surface area contributed by atoms with E-state index in [2.05, 4.69) is 43.2 Å². The van der Waals surface area contributed by atoms with E-state index in [1.165, 1.54) is 11.1 Å². The van der Waals surface area contributed by atoms with Crippen molar-refractivity contribution in [3.8, 4) is 0 Å². The second-order valence-corrected chi connectivity index (χ2v) is 6.75. The van der Waals surface area contributed by atoms with Crippen molar-refractivity contribution in [2.45, 2.75) is 38.5 Å². The van der Waals surface area contributed by atoms with Gasteiger partial charge in [-0.05, 0) is 36.0 Å². The topological polar surface area (TPSA) is 30.2 Å². The minimum Gasteiger partial charge on any atom is -0.233 e. The van der Waals surface area contributed by atoms with Crippen LogP contribution >= 0.6 is 11.6 Å². The molecule has 0 amide bonds. The van der Waals surface area contributed by atoms with E-state index in [9.17, 15) is 0 Å². The monoisotopic (exact) mass is 311 g/mol. The predicted octanol–water partition coefficient (Wildman–Crippen LogP) is 4.39. The summed E-state index contributed by atoms with van der Waals surface area (Å²) < 4.78 is 1.74. The van der Waals surface area contributed by atoms with Gasteiger partial charge in [0.25, 0.3) is 0 Å². The van der Waals surface area contributed by atoms with Crippen molar-refractivity contribution in [2.75, 3.05) is 0 Å². The lowest BCUT2D eigenvalue weighted by atomic mass is 10.0. The number of hydrogen-bond donors (Lipinski definition) is 0. The lowest BCUT2D eigenvalue weighted by Gasteiger charge is -2.11. The highest BCUT2D eigenvalue weighted by Crippen LogP contribution is 2.34. The highest BCUT2D eigenvalue weighted by Gasteiger charge is 2.25. The number of fused-ring (bicyclic) bond motifs is 2. The van der Waals surface area contributed by atoms with Crippen LogP contribution in [0.5, 0.6) is 0 Å². The summed E-state index contributed by atoms with van der Waals surface area (Å²) in [5.74, 6) is 0.798. The first-order chi connectivity index (χ1) is 10.6. The summed E-state index contributed by atoms with van der Waals surface area (Å²) in [4.78, 5) is 4.90. The van der Waals surface area contributed by atoms with Crippen LogP contribution in [0, 0.1) is 0 Å². The molecular formula is C18H18ClN3. The zero-order valence-electron chi connectivity index (χ0n) is 12.8. The number of halogens is 1. The van der Waals surface area contributed by atoms with E-state index in [1.54, 1.807) is 4.52 Å². The molecule has 0 aliphatic heterocycles. The van der Waals surface area contributed by atoms with Crippen LogP contribution in [-0.2, 0) is 12.8 Å². The van der Waals surface area contributed by atoms with Gasteiger partial charge in [-0.2, -0.15) is 5.10 Å². The quantitative estimate of drug-likeness (QED) is 0.657. The van der Waals surface area contributed by atoms with Crippen molar-refractivity contribution >= 4 is 17.2 Å². The van der Waals surface area contributed by atoms with Gasteiger partial charge in [-0.15, -0.1) is 0 Å². The summed E-state index contributed by atoms with van der Waals surface area (Å²) in [5, 5.41) is 5.01.